The molecule has 4 heteroatoms. The molecular weight excluding hydrogens is 258 g/mol. The van der Waals surface area contributed by atoms with Crippen molar-refractivity contribution >= 4 is 28.2 Å². The fourth-order valence-electron chi connectivity index (χ4n) is 2.72. The van der Waals surface area contributed by atoms with Crippen molar-refractivity contribution in [3.05, 3.63) is 35.0 Å². The van der Waals surface area contributed by atoms with Crippen LogP contribution in [0.4, 0.5) is 5.69 Å². The molecule has 0 bridgehead atoms. The summed E-state index contributed by atoms with van der Waals surface area (Å²) in [5, 5.41) is 8.85. The fourth-order valence-corrected chi connectivity index (χ4v) is 3.05. The standard InChI is InChI=1S/C15H18ClN3/c1-10-8-13(16)15(12-5-3-7-18-14(10)12)19-9-11-4-2-6-17-11/h3,5,7-8,11,17,19H,2,4,6,9H2,1H3. The highest BCUT2D eigenvalue weighted by atomic mass is 35.5. The average molecular weight is 276 g/mol. The van der Waals surface area contributed by atoms with E-state index in [-0.39, 0.29) is 0 Å². The molecule has 2 heterocycles. The lowest BCUT2D eigenvalue weighted by molar-refractivity contribution is 0.634. The maximum absolute atomic E-state index is 6.38. The second kappa shape index (κ2) is 5.35. The van der Waals surface area contributed by atoms with Crippen molar-refractivity contribution in [1.82, 2.24) is 10.3 Å². The van der Waals surface area contributed by atoms with Gasteiger partial charge in [0.1, 0.15) is 0 Å². The number of pyridine rings is 1. The summed E-state index contributed by atoms with van der Waals surface area (Å²) in [6.45, 7) is 4.08. The summed E-state index contributed by atoms with van der Waals surface area (Å²) in [5.74, 6) is 0. The van der Waals surface area contributed by atoms with E-state index in [1.54, 1.807) is 0 Å². The zero-order chi connectivity index (χ0) is 13.2. The Bertz CT molecular complexity index is 591. The molecule has 0 radical (unpaired) electrons. The van der Waals surface area contributed by atoms with E-state index >= 15 is 0 Å². The summed E-state index contributed by atoms with van der Waals surface area (Å²) < 4.78 is 0. The van der Waals surface area contributed by atoms with E-state index in [9.17, 15) is 0 Å². The number of hydrogen-bond acceptors (Lipinski definition) is 3. The van der Waals surface area contributed by atoms with E-state index in [4.69, 9.17) is 11.6 Å². The van der Waals surface area contributed by atoms with Crippen LogP contribution in [-0.2, 0) is 0 Å². The average Bonchev–Trinajstić information content (AvgIpc) is 2.92. The number of nitrogens with zero attached hydrogens (tertiary/aromatic N) is 1. The summed E-state index contributed by atoms with van der Waals surface area (Å²) in [6.07, 6.45) is 4.31. The van der Waals surface area contributed by atoms with Crippen molar-refractivity contribution < 1.29 is 0 Å². The molecule has 1 aliphatic rings. The minimum atomic E-state index is 0.545. The Hall–Kier alpha value is -1.32. The van der Waals surface area contributed by atoms with Crippen molar-refractivity contribution in [1.29, 1.82) is 0 Å². The van der Waals surface area contributed by atoms with Crippen LogP contribution in [0.15, 0.2) is 24.4 Å². The van der Waals surface area contributed by atoms with Crippen LogP contribution in [0.3, 0.4) is 0 Å². The number of anilines is 1. The van der Waals surface area contributed by atoms with Gasteiger partial charge in [-0.05, 0) is 50.1 Å². The number of benzene rings is 1. The predicted molar refractivity (Wildman–Crippen MR) is 81.0 cm³/mol. The van der Waals surface area contributed by atoms with Crippen LogP contribution in [0.5, 0.6) is 0 Å². The third-order valence-electron chi connectivity index (χ3n) is 3.72. The van der Waals surface area contributed by atoms with Crippen LogP contribution in [0.1, 0.15) is 18.4 Å². The minimum Gasteiger partial charge on any atom is -0.382 e. The molecule has 0 saturated carbocycles. The number of hydrogen-bond donors (Lipinski definition) is 2. The van der Waals surface area contributed by atoms with E-state index in [0.29, 0.717) is 6.04 Å². The van der Waals surface area contributed by atoms with Gasteiger partial charge in [0, 0.05) is 24.2 Å². The quantitative estimate of drug-likeness (QED) is 0.902. The maximum atomic E-state index is 6.38. The first kappa shape index (κ1) is 12.7. The Morgan fingerprint density at radius 3 is 3.21 bits per heavy atom. The molecule has 3 nitrogen and oxygen atoms in total. The summed E-state index contributed by atoms with van der Waals surface area (Å²) in [6, 6.07) is 6.56. The first-order valence-electron chi connectivity index (χ1n) is 6.77. The van der Waals surface area contributed by atoms with Crippen molar-refractivity contribution in [3.63, 3.8) is 0 Å². The smallest absolute Gasteiger partial charge is 0.0752 e. The third kappa shape index (κ3) is 2.53. The van der Waals surface area contributed by atoms with Crippen LogP contribution in [0.2, 0.25) is 5.02 Å². The summed E-state index contributed by atoms with van der Waals surface area (Å²) >= 11 is 6.38. The van der Waals surface area contributed by atoms with Gasteiger partial charge in [0.2, 0.25) is 0 Å². The third-order valence-corrected chi connectivity index (χ3v) is 4.02. The van der Waals surface area contributed by atoms with Crippen LogP contribution in [0, 0.1) is 6.92 Å². The zero-order valence-corrected chi connectivity index (χ0v) is 11.8. The van der Waals surface area contributed by atoms with E-state index < -0.39 is 0 Å². The van der Waals surface area contributed by atoms with Crippen LogP contribution < -0.4 is 10.6 Å². The van der Waals surface area contributed by atoms with Gasteiger partial charge in [-0.25, -0.2) is 0 Å². The molecule has 0 amide bonds. The molecule has 19 heavy (non-hydrogen) atoms. The van der Waals surface area contributed by atoms with E-state index in [2.05, 4.69) is 21.7 Å². The van der Waals surface area contributed by atoms with Gasteiger partial charge in [0.05, 0.1) is 16.2 Å². The number of aromatic nitrogens is 1. The first-order chi connectivity index (χ1) is 9.25. The van der Waals surface area contributed by atoms with Gasteiger partial charge < -0.3 is 10.6 Å². The molecule has 2 N–H and O–H groups in total. The molecule has 1 saturated heterocycles. The number of fused-ring (bicyclic) bond motifs is 1. The number of nitrogens with one attached hydrogen (secondary N) is 2. The van der Waals surface area contributed by atoms with Crippen LogP contribution in [-0.4, -0.2) is 24.1 Å². The molecule has 3 rings (SSSR count). The molecule has 1 fully saturated rings. The van der Waals surface area contributed by atoms with Gasteiger partial charge in [-0.1, -0.05) is 11.6 Å². The molecule has 0 aliphatic carbocycles. The molecule has 1 unspecified atom stereocenters. The lowest BCUT2D eigenvalue weighted by Gasteiger charge is -2.16. The Morgan fingerprint density at radius 1 is 1.53 bits per heavy atom. The van der Waals surface area contributed by atoms with Gasteiger partial charge in [-0.3, -0.25) is 4.98 Å². The second-order valence-electron chi connectivity index (χ2n) is 5.12. The molecule has 2 aromatic rings. The van der Waals surface area contributed by atoms with E-state index in [1.165, 1.54) is 12.8 Å². The molecule has 0 spiro atoms. The molecule has 1 aliphatic heterocycles. The first-order valence-corrected chi connectivity index (χ1v) is 7.14. The monoisotopic (exact) mass is 275 g/mol. The van der Waals surface area contributed by atoms with Gasteiger partial charge in [-0.15, -0.1) is 0 Å². The minimum absolute atomic E-state index is 0.545. The number of rotatable bonds is 3. The number of halogens is 1. The highest BCUT2D eigenvalue weighted by Gasteiger charge is 2.15. The highest BCUT2D eigenvalue weighted by Crippen LogP contribution is 2.32. The van der Waals surface area contributed by atoms with Crippen LogP contribution >= 0.6 is 11.6 Å². The van der Waals surface area contributed by atoms with Crippen molar-refractivity contribution in [2.75, 3.05) is 18.4 Å². The SMILES string of the molecule is Cc1cc(Cl)c(NCC2CCCN2)c2cccnc12. The van der Waals surface area contributed by atoms with Crippen molar-refractivity contribution in [3.8, 4) is 0 Å². The normalized spacial score (nSPS) is 18.9. The van der Waals surface area contributed by atoms with E-state index in [1.807, 2.05) is 25.3 Å². The summed E-state index contributed by atoms with van der Waals surface area (Å²) in [4.78, 5) is 4.45. The van der Waals surface area contributed by atoms with Gasteiger partial charge in [-0.2, -0.15) is 0 Å². The Morgan fingerprint density at radius 2 is 2.42 bits per heavy atom. The molecular formula is C15H18ClN3. The lowest BCUT2D eigenvalue weighted by atomic mass is 10.1. The molecule has 1 aromatic heterocycles. The number of aryl methyl sites for hydroxylation is 1. The Kier molecular flexibility index (Phi) is 3.58. The van der Waals surface area contributed by atoms with E-state index in [0.717, 1.165) is 40.3 Å². The second-order valence-corrected chi connectivity index (χ2v) is 5.53. The molecule has 100 valence electrons. The maximum Gasteiger partial charge on any atom is 0.0752 e. The molecule has 1 atom stereocenters. The van der Waals surface area contributed by atoms with Gasteiger partial charge in [0.15, 0.2) is 0 Å². The van der Waals surface area contributed by atoms with Crippen LogP contribution in [0.25, 0.3) is 10.9 Å². The van der Waals surface area contributed by atoms with Gasteiger partial charge in [0.25, 0.3) is 0 Å². The summed E-state index contributed by atoms with van der Waals surface area (Å²) in [5.41, 5.74) is 3.14. The Balaban J connectivity index is 1.93. The van der Waals surface area contributed by atoms with Gasteiger partial charge >= 0.3 is 0 Å². The Labute approximate surface area is 118 Å². The van der Waals surface area contributed by atoms with Crippen molar-refractivity contribution in [2.24, 2.45) is 0 Å². The predicted octanol–water partition coefficient (Wildman–Crippen LogP) is 3.36. The fraction of sp³-hybridized carbons (Fsp3) is 0.400. The molecule has 1 aromatic carbocycles. The highest BCUT2D eigenvalue weighted by molar-refractivity contribution is 6.35. The lowest BCUT2D eigenvalue weighted by Crippen LogP contribution is -2.29. The van der Waals surface area contributed by atoms with Crippen molar-refractivity contribution in [2.45, 2.75) is 25.8 Å². The zero-order valence-electron chi connectivity index (χ0n) is 11.0. The largest absolute Gasteiger partial charge is 0.382 e. The summed E-state index contributed by atoms with van der Waals surface area (Å²) in [7, 11) is 0. The topological polar surface area (TPSA) is 37.0 Å².